The quantitative estimate of drug-likeness (QED) is 0.198. The first-order valence-corrected chi connectivity index (χ1v) is 12.5. The number of benzene rings is 5. The van der Waals surface area contributed by atoms with Crippen molar-refractivity contribution < 1.29 is 19.4 Å². The molecule has 1 N–H and O–H groups in total. The molecule has 0 aliphatic heterocycles. The molecule has 0 bridgehead atoms. The second kappa shape index (κ2) is 9.24. The molecule has 0 amide bonds. The molecule has 0 aromatic heterocycles. The summed E-state index contributed by atoms with van der Waals surface area (Å²) in [5.74, 6) is 1.12. The lowest BCUT2D eigenvalue weighted by molar-refractivity contribution is 0.151. The summed E-state index contributed by atoms with van der Waals surface area (Å²) in [7, 11) is 0. The van der Waals surface area contributed by atoms with Gasteiger partial charge in [0.2, 0.25) is 0 Å². The number of phenols is 1. The Balaban J connectivity index is 1.50. The van der Waals surface area contributed by atoms with E-state index in [1.165, 1.54) is 22.3 Å². The summed E-state index contributed by atoms with van der Waals surface area (Å²) in [6.07, 6.45) is -0.785. The number of fused-ring (bicyclic) bond motifs is 3. The van der Waals surface area contributed by atoms with Crippen LogP contribution in [-0.4, -0.2) is 11.3 Å². The van der Waals surface area contributed by atoms with E-state index in [4.69, 9.17) is 9.47 Å². The van der Waals surface area contributed by atoms with Crippen molar-refractivity contribution in [3.8, 4) is 28.4 Å². The second-order valence-corrected chi connectivity index (χ2v) is 9.59. The zero-order valence-corrected chi connectivity index (χ0v) is 21.1. The highest BCUT2D eigenvalue weighted by atomic mass is 16.7. The molecule has 0 saturated carbocycles. The molecule has 4 nitrogen and oxygen atoms in total. The fourth-order valence-electron chi connectivity index (χ4n) is 5.61. The first-order valence-electron chi connectivity index (χ1n) is 12.5. The summed E-state index contributed by atoms with van der Waals surface area (Å²) in [5, 5.41) is 10.3. The van der Waals surface area contributed by atoms with E-state index in [1.54, 1.807) is 30.3 Å². The van der Waals surface area contributed by atoms with Crippen molar-refractivity contribution in [2.24, 2.45) is 0 Å². The molecular weight excluding hydrogens is 472 g/mol. The average molecular weight is 499 g/mol. The SMILES string of the molecule is Cc1cc(C2(c3ccc(OC(=O)Oc4ccccc4)c(C)c3)c3ccccc3-c3ccccc32)ccc1O. The molecule has 0 saturated heterocycles. The lowest BCUT2D eigenvalue weighted by Gasteiger charge is -2.34. The smallest absolute Gasteiger partial charge is 0.508 e. The third kappa shape index (κ3) is 3.73. The Bertz CT molecular complexity index is 1620. The van der Waals surface area contributed by atoms with Gasteiger partial charge in [0.25, 0.3) is 0 Å². The first-order chi connectivity index (χ1) is 18.5. The van der Waals surface area contributed by atoms with Crippen molar-refractivity contribution in [1.29, 1.82) is 0 Å². The molecule has 5 aromatic carbocycles. The standard InChI is InChI=1S/C34H26O4/c1-22-20-24(16-18-31(22)35)34(29-14-8-6-12-27(29)28-13-7-9-15-30(28)34)25-17-19-32(23(2)21-25)38-33(36)37-26-10-4-3-5-11-26/h3-21,35H,1-2H3. The van der Waals surface area contributed by atoms with E-state index in [0.717, 1.165) is 22.3 Å². The van der Waals surface area contributed by atoms with Gasteiger partial charge in [0.1, 0.15) is 17.2 Å². The number of phenolic OH excluding ortho intramolecular Hbond substituents is 1. The van der Waals surface area contributed by atoms with Gasteiger partial charge in [-0.1, -0.05) is 91.0 Å². The van der Waals surface area contributed by atoms with Crippen molar-refractivity contribution in [3.63, 3.8) is 0 Å². The number of carbonyl (C=O) groups excluding carboxylic acids is 1. The molecule has 1 aliphatic rings. The van der Waals surface area contributed by atoms with Gasteiger partial charge in [-0.05, 0) is 82.6 Å². The Morgan fingerprint density at radius 2 is 1.18 bits per heavy atom. The maximum atomic E-state index is 12.5. The number of aryl methyl sites for hydroxylation is 2. The lowest BCUT2D eigenvalue weighted by Crippen LogP contribution is -2.29. The van der Waals surface area contributed by atoms with Crippen LogP contribution >= 0.6 is 0 Å². The monoisotopic (exact) mass is 498 g/mol. The number of rotatable bonds is 4. The van der Waals surface area contributed by atoms with Gasteiger partial charge in [-0.2, -0.15) is 0 Å². The molecule has 0 spiro atoms. The highest BCUT2D eigenvalue weighted by Crippen LogP contribution is 2.56. The van der Waals surface area contributed by atoms with Crippen LogP contribution in [0.4, 0.5) is 4.79 Å². The number of hydrogen-bond donors (Lipinski definition) is 1. The van der Waals surface area contributed by atoms with Crippen LogP contribution in [0.3, 0.4) is 0 Å². The zero-order valence-electron chi connectivity index (χ0n) is 21.1. The molecule has 38 heavy (non-hydrogen) atoms. The molecule has 0 heterocycles. The fourth-order valence-corrected chi connectivity index (χ4v) is 5.61. The number of para-hydroxylation sites is 1. The van der Waals surface area contributed by atoms with Crippen LogP contribution < -0.4 is 9.47 Å². The van der Waals surface area contributed by atoms with E-state index >= 15 is 0 Å². The van der Waals surface area contributed by atoms with Crippen LogP contribution in [-0.2, 0) is 5.41 Å². The van der Waals surface area contributed by atoms with Gasteiger partial charge in [-0.25, -0.2) is 4.79 Å². The number of carbonyl (C=O) groups is 1. The first kappa shape index (κ1) is 23.6. The minimum atomic E-state index is -0.785. The molecule has 0 unspecified atom stereocenters. The van der Waals surface area contributed by atoms with Gasteiger partial charge in [0.05, 0.1) is 5.41 Å². The van der Waals surface area contributed by atoms with Crippen molar-refractivity contribution in [2.75, 3.05) is 0 Å². The maximum Gasteiger partial charge on any atom is 0.519 e. The van der Waals surface area contributed by atoms with Crippen LogP contribution in [0.1, 0.15) is 33.4 Å². The van der Waals surface area contributed by atoms with Crippen molar-refractivity contribution in [1.82, 2.24) is 0 Å². The summed E-state index contributed by atoms with van der Waals surface area (Å²) in [4.78, 5) is 12.5. The van der Waals surface area contributed by atoms with Crippen molar-refractivity contribution >= 4 is 6.16 Å². The Morgan fingerprint density at radius 1 is 0.632 bits per heavy atom. The number of ether oxygens (including phenoxy) is 2. The summed E-state index contributed by atoms with van der Waals surface area (Å²) in [6.45, 7) is 3.84. The lowest BCUT2D eigenvalue weighted by atomic mass is 9.67. The van der Waals surface area contributed by atoms with Crippen LogP contribution in [0.25, 0.3) is 11.1 Å². The molecule has 5 aromatic rings. The van der Waals surface area contributed by atoms with E-state index in [9.17, 15) is 9.90 Å². The van der Waals surface area contributed by atoms with Gasteiger partial charge in [-0.3, -0.25) is 0 Å². The maximum absolute atomic E-state index is 12.5. The van der Waals surface area contributed by atoms with Crippen LogP contribution in [0.5, 0.6) is 17.2 Å². The highest BCUT2D eigenvalue weighted by Gasteiger charge is 2.46. The van der Waals surface area contributed by atoms with Gasteiger partial charge < -0.3 is 14.6 Å². The molecular formula is C34H26O4. The fraction of sp³-hybridized carbons (Fsp3) is 0.0882. The minimum absolute atomic E-state index is 0.264. The average Bonchev–Trinajstić information content (AvgIpc) is 3.23. The van der Waals surface area contributed by atoms with Gasteiger partial charge in [0, 0.05) is 0 Å². The Hall–Kier alpha value is -4.83. The topological polar surface area (TPSA) is 55.8 Å². The van der Waals surface area contributed by atoms with E-state index < -0.39 is 11.6 Å². The van der Waals surface area contributed by atoms with Gasteiger partial charge in [0.15, 0.2) is 0 Å². The molecule has 0 atom stereocenters. The van der Waals surface area contributed by atoms with Crippen molar-refractivity contribution in [2.45, 2.75) is 19.3 Å². The van der Waals surface area contributed by atoms with Crippen LogP contribution in [0.15, 0.2) is 115 Å². The van der Waals surface area contributed by atoms with Crippen LogP contribution in [0, 0.1) is 13.8 Å². The summed E-state index contributed by atoms with van der Waals surface area (Å²) >= 11 is 0. The summed E-state index contributed by atoms with van der Waals surface area (Å²) in [5.41, 5.74) is 7.80. The highest BCUT2D eigenvalue weighted by molar-refractivity contribution is 5.86. The van der Waals surface area contributed by atoms with Crippen LogP contribution in [0.2, 0.25) is 0 Å². The van der Waals surface area contributed by atoms with Crippen molar-refractivity contribution in [3.05, 3.63) is 149 Å². The molecule has 0 fully saturated rings. The third-order valence-corrected chi connectivity index (χ3v) is 7.33. The van der Waals surface area contributed by atoms with E-state index in [0.29, 0.717) is 11.5 Å². The minimum Gasteiger partial charge on any atom is -0.508 e. The normalized spacial score (nSPS) is 12.9. The summed E-state index contributed by atoms with van der Waals surface area (Å²) in [6, 6.07) is 37.5. The zero-order chi connectivity index (χ0) is 26.3. The molecule has 1 aliphatic carbocycles. The largest absolute Gasteiger partial charge is 0.519 e. The predicted octanol–water partition coefficient (Wildman–Crippen LogP) is 7.95. The van der Waals surface area contributed by atoms with Gasteiger partial charge >= 0.3 is 6.16 Å². The molecule has 186 valence electrons. The van der Waals surface area contributed by atoms with Gasteiger partial charge in [-0.15, -0.1) is 0 Å². The summed E-state index contributed by atoms with van der Waals surface area (Å²) < 4.78 is 10.9. The number of hydrogen-bond acceptors (Lipinski definition) is 4. The second-order valence-electron chi connectivity index (χ2n) is 9.59. The van der Waals surface area contributed by atoms with E-state index in [2.05, 4.69) is 60.7 Å². The Morgan fingerprint density at radius 3 is 1.79 bits per heavy atom. The van der Waals surface area contributed by atoms with E-state index in [1.807, 2.05) is 38.1 Å². The Kier molecular flexibility index (Phi) is 5.73. The number of aromatic hydroxyl groups is 1. The predicted molar refractivity (Wildman–Crippen MR) is 148 cm³/mol. The van der Waals surface area contributed by atoms with E-state index in [-0.39, 0.29) is 5.75 Å². The molecule has 4 heteroatoms. The molecule has 6 rings (SSSR count). The molecule has 0 radical (unpaired) electrons. The Labute approximate surface area is 221 Å². The third-order valence-electron chi connectivity index (χ3n) is 7.33.